The maximum absolute atomic E-state index is 12.5. The molecule has 20 atom stereocenters. The number of carbonyl (C=O) groups excluding carboxylic acids is 2. The zero-order chi connectivity index (χ0) is 52.5. The van der Waals surface area contributed by atoms with Gasteiger partial charge in [-0.15, -0.1) is 5.10 Å². The monoisotopic (exact) mass is 1060 g/mol. The summed E-state index contributed by atoms with van der Waals surface area (Å²) in [6, 6.07) is 0.237. The summed E-state index contributed by atoms with van der Waals surface area (Å²) < 4.78 is 71.1. The quantitative estimate of drug-likeness (QED) is 0.0769. The highest BCUT2D eigenvalue weighted by atomic mass is 32.2. The van der Waals surface area contributed by atoms with E-state index in [0.717, 1.165) is 121 Å². The number of carbonyl (C=O) groups is 2. The van der Waals surface area contributed by atoms with E-state index in [1.807, 2.05) is 0 Å². The van der Waals surface area contributed by atoms with Crippen LogP contribution in [0.1, 0.15) is 182 Å². The van der Waals surface area contributed by atoms with Crippen molar-refractivity contribution in [2.24, 2.45) is 92.7 Å². The van der Waals surface area contributed by atoms with E-state index in [1.165, 1.54) is 0 Å². The summed E-state index contributed by atoms with van der Waals surface area (Å²) in [6.45, 7) is 14.7. The summed E-state index contributed by atoms with van der Waals surface area (Å²) >= 11 is 0. The van der Waals surface area contributed by atoms with E-state index in [9.17, 15) is 36.6 Å². The van der Waals surface area contributed by atoms with Gasteiger partial charge in [-0.2, -0.15) is 16.8 Å². The number of rotatable bonds is 18. The number of aromatic nitrogens is 3. The minimum absolute atomic E-state index is 0.0856. The molecule has 0 bridgehead atoms. The van der Waals surface area contributed by atoms with Gasteiger partial charge < -0.3 is 25.6 Å². The molecule has 6 N–H and O–H groups in total. The number of ether oxygens (including phenoxy) is 1. The van der Waals surface area contributed by atoms with E-state index in [4.69, 9.17) is 19.1 Å². The van der Waals surface area contributed by atoms with Gasteiger partial charge in [0.1, 0.15) is 5.69 Å². The number of fused-ring (bicyclic) bond motifs is 10. The Hall–Kier alpha value is -2.22. The summed E-state index contributed by atoms with van der Waals surface area (Å²) in [6.07, 6.45) is 20.5. The number of aliphatic hydroxyl groups is 2. The normalized spacial score (nSPS) is 43.0. The molecule has 1 heterocycles. The third-order valence-electron chi connectivity index (χ3n) is 23.2. The Bertz CT molecular complexity index is 2370. The van der Waals surface area contributed by atoms with Crippen molar-refractivity contribution in [1.82, 2.24) is 25.6 Å². The summed E-state index contributed by atoms with van der Waals surface area (Å²) in [7, 11) is -8.23. The number of hydrogen-bond acceptors (Lipinski definition) is 11. The first-order chi connectivity index (χ1) is 34.3. The van der Waals surface area contributed by atoms with Crippen molar-refractivity contribution in [3.63, 3.8) is 0 Å². The number of aliphatic hydroxyl groups excluding tert-OH is 2. The maximum atomic E-state index is 12.5. The van der Waals surface area contributed by atoms with Crippen LogP contribution in [0.25, 0.3) is 0 Å². The molecule has 0 spiro atoms. The van der Waals surface area contributed by atoms with E-state index in [0.29, 0.717) is 78.6 Å². The van der Waals surface area contributed by atoms with Crippen LogP contribution in [0, 0.1) is 92.7 Å². The molecular formula is C55H91N5O11S2. The van der Waals surface area contributed by atoms with Crippen molar-refractivity contribution in [3.8, 4) is 0 Å². The highest BCUT2D eigenvalue weighted by Gasteiger charge is 2.65. The Morgan fingerprint density at radius 2 is 1.11 bits per heavy atom. The summed E-state index contributed by atoms with van der Waals surface area (Å²) in [4.78, 5) is 25.1. The standard InChI is InChI=1S/C55H91N5O11S2/c1-33(7-13-48(63)56-23-25-72(65,66)67)40-9-11-42-50-44(17-21-54(40,42)5)52(3)19-15-38(27-35(52)29-46(50)61)60-31-37(58-59-60)32-71-39-16-20-53(4)36(28-39)30-47(62)51-43-12-10-41(55(43,6)22-18-45(51)53)34(2)8-14-49(64)57-24-26-73(68,69)70/h31,33-36,38-47,50-51,61-62H,7-30,32H2,1-6H3,(H,56,63)(H,57,64)(H,65,66,67)(H,68,69,70)/t33-,34+,35?,36?,38-,39+,40-,41+,42+,43-,44+,45-,46+,47-,50?,51?,52+,53-,54-,55+/m1/s1. The summed E-state index contributed by atoms with van der Waals surface area (Å²) in [5, 5.41) is 38.8. The second-order valence-electron chi connectivity index (χ2n) is 26.7. The molecule has 1 aromatic rings. The smallest absolute Gasteiger partial charge is 0.266 e. The van der Waals surface area contributed by atoms with Crippen LogP contribution < -0.4 is 10.6 Å². The van der Waals surface area contributed by atoms with Gasteiger partial charge in [0.05, 0.1) is 48.7 Å². The number of nitrogens with one attached hydrogen (secondary N) is 2. The Morgan fingerprint density at radius 1 is 0.658 bits per heavy atom. The van der Waals surface area contributed by atoms with Crippen LogP contribution in [-0.4, -0.2) is 106 Å². The SMILES string of the molecule is C[C@H](CCC(=O)NCCS(=O)(=O)O)[C@H]1CC[C@H]2C3[C@@H](O)CC4C[C@H](n5cc(CO[C@H]6CC[C@]7(C)C(C6)C[C@@H](O)C6[C@H]8CC[C@@H]([C@@H](C)CCC(=O)NCCS(=O)(=O)O)[C@]8(C)CC[C@H]67)nn5)CC[C@]4(C)[C@H]3CC[C@]12C. The Morgan fingerprint density at radius 3 is 1.60 bits per heavy atom. The van der Waals surface area contributed by atoms with Gasteiger partial charge in [-0.25, -0.2) is 4.68 Å². The molecule has 18 heteroatoms. The van der Waals surface area contributed by atoms with Gasteiger partial charge >= 0.3 is 0 Å². The second-order valence-corrected chi connectivity index (χ2v) is 29.8. The molecule has 8 aliphatic rings. The van der Waals surface area contributed by atoms with E-state index in [1.54, 1.807) is 0 Å². The van der Waals surface area contributed by atoms with Crippen LogP contribution in [0.2, 0.25) is 0 Å². The molecule has 9 rings (SSSR count). The molecule has 4 unspecified atom stereocenters. The first-order valence-corrected chi connectivity index (χ1v) is 31.9. The van der Waals surface area contributed by atoms with Crippen LogP contribution in [0.3, 0.4) is 0 Å². The van der Waals surface area contributed by atoms with Crippen molar-refractivity contribution in [3.05, 3.63) is 11.9 Å². The van der Waals surface area contributed by atoms with E-state index < -0.39 is 31.7 Å². The fourth-order valence-electron chi connectivity index (χ4n) is 19.4. The minimum atomic E-state index is -4.11. The van der Waals surface area contributed by atoms with Crippen molar-refractivity contribution in [2.75, 3.05) is 24.6 Å². The highest BCUT2D eigenvalue weighted by molar-refractivity contribution is 7.86. The van der Waals surface area contributed by atoms with Gasteiger partial charge in [-0.3, -0.25) is 18.7 Å². The fourth-order valence-corrected chi connectivity index (χ4v) is 20.1. The fraction of sp³-hybridized carbons (Fsp3) is 0.927. The molecule has 8 saturated carbocycles. The van der Waals surface area contributed by atoms with Crippen molar-refractivity contribution >= 4 is 32.1 Å². The summed E-state index contributed by atoms with van der Waals surface area (Å²) in [5.41, 5.74) is 1.42. The van der Waals surface area contributed by atoms with Gasteiger partial charge in [-0.05, 0) is 208 Å². The molecule has 1 aromatic heterocycles. The van der Waals surface area contributed by atoms with Crippen molar-refractivity contribution in [2.45, 2.75) is 201 Å². The first kappa shape index (κ1) is 55.5. The van der Waals surface area contributed by atoms with Gasteiger partial charge in [0.15, 0.2) is 0 Å². The lowest BCUT2D eigenvalue weighted by atomic mass is 9.43. The number of hydrogen-bond donors (Lipinski definition) is 6. The van der Waals surface area contributed by atoms with E-state index in [2.05, 4.69) is 68.2 Å². The molecular weight excluding hydrogens is 971 g/mol. The third-order valence-corrected chi connectivity index (χ3v) is 24.7. The van der Waals surface area contributed by atoms with Crippen LogP contribution >= 0.6 is 0 Å². The third kappa shape index (κ3) is 11.1. The molecule has 0 aliphatic heterocycles. The second kappa shape index (κ2) is 21.2. The molecule has 16 nitrogen and oxygen atoms in total. The molecule has 8 aliphatic carbocycles. The van der Waals surface area contributed by atoms with Gasteiger partial charge in [0.25, 0.3) is 20.2 Å². The first-order valence-electron chi connectivity index (χ1n) is 28.6. The lowest BCUT2D eigenvalue weighted by molar-refractivity contribution is -0.179. The average Bonchev–Trinajstić information content (AvgIpc) is 4.04. The van der Waals surface area contributed by atoms with Crippen LogP contribution in [0.4, 0.5) is 0 Å². The molecule has 0 aromatic carbocycles. The van der Waals surface area contributed by atoms with Crippen LogP contribution in [0.5, 0.6) is 0 Å². The largest absolute Gasteiger partial charge is 0.393 e. The van der Waals surface area contributed by atoms with E-state index in [-0.39, 0.29) is 82.8 Å². The Balaban J connectivity index is 0.742. The molecule has 414 valence electrons. The van der Waals surface area contributed by atoms with Crippen molar-refractivity contribution < 1.29 is 50.5 Å². The molecule has 8 fully saturated rings. The molecule has 73 heavy (non-hydrogen) atoms. The van der Waals surface area contributed by atoms with Gasteiger partial charge in [-0.1, -0.05) is 46.8 Å². The lowest BCUT2D eigenvalue weighted by Crippen LogP contribution is -2.58. The zero-order valence-corrected chi connectivity index (χ0v) is 46.4. The molecule has 0 saturated heterocycles. The average molecular weight is 1060 g/mol. The predicted molar refractivity (Wildman–Crippen MR) is 276 cm³/mol. The zero-order valence-electron chi connectivity index (χ0n) is 44.8. The molecule has 2 amide bonds. The summed E-state index contributed by atoms with van der Waals surface area (Å²) in [5.74, 6) is 3.57. The number of nitrogens with zero attached hydrogens (tertiary/aromatic N) is 3. The Labute approximate surface area is 436 Å². The lowest BCUT2D eigenvalue weighted by Gasteiger charge is -2.62. The van der Waals surface area contributed by atoms with Crippen LogP contribution in [-0.2, 0) is 41.2 Å². The Kier molecular flexibility index (Phi) is 16.1. The highest BCUT2D eigenvalue weighted by Crippen LogP contribution is 2.70. The van der Waals surface area contributed by atoms with Gasteiger partial charge in [0, 0.05) is 25.9 Å². The molecule has 0 radical (unpaired) electrons. The van der Waals surface area contributed by atoms with Crippen LogP contribution in [0.15, 0.2) is 6.20 Å². The topological polar surface area (TPSA) is 247 Å². The minimum Gasteiger partial charge on any atom is -0.393 e. The van der Waals surface area contributed by atoms with Crippen molar-refractivity contribution in [1.29, 1.82) is 0 Å². The number of amides is 2. The van der Waals surface area contributed by atoms with Gasteiger partial charge in [0.2, 0.25) is 11.8 Å². The van der Waals surface area contributed by atoms with E-state index >= 15 is 0 Å². The predicted octanol–water partition coefficient (Wildman–Crippen LogP) is 7.80. The maximum Gasteiger partial charge on any atom is 0.266 e.